The van der Waals surface area contributed by atoms with Crippen LogP contribution in [-0.2, 0) is 5.75 Å². The Balaban J connectivity index is 1.87. The minimum Gasteiger partial charge on any atom is -0.336 e. The third-order valence-corrected chi connectivity index (χ3v) is 3.62. The number of thioether (sulfide) groups is 1. The van der Waals surface area contributed by atoms with Crippen LogP contribution in [0.2, 0.25) is 0 Å². The number of nitrogens with zero attached hydrogens (tertiary/aromatic N) is 2. The molecule has 3 rings (SSSR count). The predicted octanol–water partition coefficient (Wildman–Crippen LogP) is 2.25. The SMILES string of the molecule is Cc1nc2nc(SCc3ccccc3)[nH]c(=O)c2[nH]1. The van der Waals surface area contributed by atoms with Gasteiger partial charge in [0.2, 0.25) is 0 Å². The zero-order chi connectivity index (χ0) is 13.2. The maximum Gasteiger partial charge on any atom is 0.277 e. The van der Waals surface area contributed by atoms with Gasteiger partial charge in [-0.25, -0.2) is 9.97 Å². The molecule has 2 heterocycles. The van der Waals surface area contributed by atoms with Crippen LogP contribution in [-0.4, -0.2) is 19.9 Å². The summed E-state index contributed by atoms with van der Waals surface area (Å²) in [6.07, 6.45) is 0. The average Bonchev–Trinajstić information content (AvgIpc) is 2.79. The summed E-state index contributed by atoms with van der Waals surface area (Å²) in [6, 6.07) is 10.1. The highest BCUT2D eigenvalue weighted by molar-refractivity contribution is 7.98. The van der Waals surface area contributed by atoms with Crippen molar-refractivity contribution in [2.45, 2.75) is 17.8 Å². The molecular weight excluding hydrogens is 260 g/mol. The number of benzene rings is 1. The van der Waals surface area contributed by atoms with Crippen molar-refractivity contribution in [2.24, 2.45) is 0 Å². The predicted molar refractivity (Wildman–Crippen MR) is 75.2 cm³/mol. The molecule has 2 aromatic heterocycles. The van der Waals surface area contributed by atoms with Crippen LogP contribution in [0.25, 0.3) is 11.2 Å². The molecule has 0 saturated carbocycles. The van der Waals surface area contributed by atoms with E-state index in [0.29, 0.717) is 22.1 Å². The van der Waals surface area contributed by atoms with Crippen LogP contribution in [0, 0.1) is 6.92 Å². The van der Waals surface area contributed by atoms with Crippen molar-refractivity contribution in [1.29, 1.82) is 0 Å². The minimum atomic E-state index is -0.179. The Kier molecular flexibility index (Phi) is 3.08. The number of aromatic nitrogens is 4. The van der Waals surface area contributed by atoms with Crippen molar-refractivity contribution in [3.05, 3.63) is 52.1 Å². The summed E-state index contributed by atoms with van der Waals surface area (Å²) < 4.78 is 0. The molecule has 0 saturated heterocycles. The molecule has 6 heteroatoms. The number of imidazole rings is 1. The van der Waals surface area contributed by atoms with Crippen LogP contribution in [0.4, 0.5) is 0 Å². The molecule has 0 spiro atoms. The summed E-state index contributed by atoms with van der Waals surface area (Å²) in [5.74, 6) is 1.46. The van der Waals surface area contributed by atoms with E-state index in [9.17, 15) is 4.79 Å². The van der Waals surface area contributed by atoms with E-state index in [1.165, 1.54) is 17.3 Å². The molecule has 0 radical (unpaired) electrons. The molecule has 0 unspecified atom stereocenters. The van der Waals surface area contributed by atoms with E-state index in [1.807, 2.05) is 30.3 Å². The van der Waals surface area contributed by atoms with E-state index in [0.717, 1.165) is 5.75 Å². The van der Waals surface area contributed by atoms with Crippen LogP contribution in [0.15, 0.2) is 40.3 Å². The van der Waals surface area contributed by atoms with Crippen LogP contribution in [0.5, 0.6) is 0 Å². The molecule has 5 nitrogen and oxygen atoms in total. The van der Waals surface area contributed by atoms with Crippen LogP contribution < -0.4 is 5.56 Å². The number of aryl methyl sites for hydroxylation is 1. The zero-order valence-corrected chi connectivity index (χ0v) is 11.1. The van der Waals surface area contributed by atoms with Gasteiger partial charge in [0, 0.05) is 5.75 Å². The summed E-state index contributed by atoms with van der Waals surface area (Å²) in [5, 5.41) is 0.591. The Morgan fingerprint density at radius 3 is 2.74 bits per heavy atom. The Bertz CT molecular complexity index is 763. The van der Waals surface area contributed by atoms with Gasteiger partial charge in [0.25, 0.3) is 5.56 Å². The van der Waals surface area contributed by atoms with E-state index >= 15 is 0 Å². The van der Waals surface area contributed by atoms with Gasteiger partial charge in [0.15, 0.2) is 16.3 Å². The Morgan fingerprint density at radius 2 is 1.95 bits per heavy atom. The van der Waals surface area contributed by atoms with Gasteiger partial charge in [-0.15, -0.1) is 0 Å². The quantitative estimate of drug-likeness (QED) is 0.566. The third-order valence-electron chi connectivity index (χ3n) is 2.68. The first-order valence-corrected chi connectivity index (χ1v) is 6.84. The van der Waals surface area contributed by atoms with E-state index in [2.05, 4.69) is 19.9 Å². The standard InChI is InChI=1S/C13H12N4OS/c1-8-14-10-11(15-8)16-13(17-12(10)18)19-7-9-5-3-2-4-6-9/h2-6H,7H2,1H3,(H2,14,15,16,17,18). The summed E-state index contributed by atoms with van der Waals surface area (Å²) in [6.45, 7) is 1.80. The van der Waals surface area contributed by atoms with Gasteiger partial charge < -0.3 is 4.98 Å². The van der Waals surface area contributed by atoms with Crippen molar-refractivity contribution in [3.8, 4) is 0 Å². The first-order valence-electron chi connectivity index (χ1n) is 5.86. The second-order valence-corrected chi connectivity index (χ2v) is 5.13. The number of aromatic amines is 2. The van der Waals surface area contributed by atoms with E-state index in [-0.39, 0.29) is 5.56 Å². The van der Waals surface area contributed by atoms with Gasteiger partial charge in [-0.3, -0.25) is 9.78 Å². The molecule has 0 atom stereocenters. The first-order chi connectivity index (χ1) is 9.22. The minimum absolute atomic E-state index is 0.179. The molecule has 96 valence electrons. The maximum absolute atomic E-state index is 11.8. The molecule has 1 aromatic carbocycles. The molecule has 0 aliphatic rings. The lowest BCUT2D eigenvalue weighted by Gasteiger charge is -2.00. The average molecular weight is 272 g/mol. The number of H-pyrrole nitrogens is 2. The fourth-order valence-corrected chi connectivity index (χ4v) is 2.61. The van der Waals surface area contributed by atoms with Gasteiger partial charge in [0.05, 0.1) is 0 Å². The molecule has 2 N–H and O–H groups in total. The van der Waals surface area contributed by atoms with E-state index in [1.54, 1.807) is 6.92 Å². The largest absolute Gasteiger partial charge is 0.336 e. The lowest BCUT2D eigenvalue weighted by molar-refractivity contribution is 0.964. The summed E-state index contributed by atoms with van der Waals surface area (Å²) in [5.41, 5.74) is 1.91. The van der Waals surface area contributed by atoms with E-state index in [4.69, 9.17) is 0 Å². The van der Waals surface area contributed by atoms with Gasteiger partial charge >= 0.3 is 0 Å². The number of nitrogens with one attached hydrogen (secondary N) is 2. The highest BCUT2D eigenvalue weighted by atomic mass is 32.2. The fourth-order valence-electron chi connectivity index (χ4n) is 1.80. The van der Waals surface area contributed by atoms with Gasteiger partial charge in [-0.05, 0) is 12.5 Å². The molecular formula is C13H12N4OS. The number of hydrogen-bond acceptors (Lipinski definition) is 4. The second-order valence-electron chi connectivity index (χ2n) is 4.17. The number of fused-ring (bicyclic) bond motifs is 1. The van der Waals surface area contributed by atoms with Crippen LogP contribution >= 0.6 is 11.8 Å². The summed E-state index contributed by atoms with van der Waals surface area (Å²) in [4.78, 5) is 26.0. The first kappa shape index (κ1) is 12.0. The maximum atomic E-state index is 11.8. The molecule has 19 heavy (non-hydrogen) atoms. The molecule has 0 aliphatic heterocycles. The molecule has 0 bridgehead atoms. The van der Waals surface area contributed by atoms with E-state index < -0.39 is 0 Å². The lowest BCUT2D eigenvalue weighted by atomic mass is 10.2. The van der Waals surface area contributed by atoms with Crippen molar-refractivity contribution >= 4 is 22.9 Å². The second kappa shape index (κ2) is 4.89. The highest BCUT2D eigenvalue weighted by Gasteiger charge is 2.08. The topological polar surface area (TPSA) is 74.4 Å². The van der Waals surface area contributed by atoms with Crippen LogP contribution in [0.3, 0.4) is 0 Å². The van der Waals surface area contributed by atoms with Gasteiger partial charge in [-0.1, -0.05) is 42.1 Å². The molecule has 0 fully saturated rings. The lowest BCUT2D eigenvalue weighted by Crippen LogP contribution is -2.09. The van der Waals surface area contributed by atoms with Crippen LogP contribution in [0.1, 0.15) is 11.4 Å². The Labute approximate surface area is 113 Å². The highest BCUT2D eigenvalue weighted by Crippen LogP contribution is 2.19. The third kappa shape index (κ3) is 2.53. The Hall–Kier alpha value is -2.08. The molecule has 3 aromatic rings. The van der Waals surface area contributed by atoms with Crippen molar-refractivity contribution in [1.82, 2.24) is 19.9 Å². The fraction of sp³-hybridized carbons (Fsp3) is 0.154. The van der Waals surface area contributed by atoms with Crippen molar-refractivity contribution < 1.29 is 0 Å². The van der Waals surface area contributed by atoms with Gasteiger partial charge in [-0.2, -0.15) is 0 Å². The molecule has 0 amide bonds. The van der Waals surface area contributed by atoms with Gasteiger partial charge in [0.1, 0.15) is 5.82 Å². The monoisotopic (exact) mass is 272 g/mol. The molecule has 0 aliphatic carbocycles. The van der Waals surface area contributed by atoms with Crippen molar-refractivity contribution in [2.75, 3.05) is 0 Å². The number of rotatable bonds is 3. The summed E-state index contributed by atoms with van der Waals surface area (Å²) in [7, 11) is 0. The smallest absolute Gasteiger partial charge is 0.277 e. The normalized spacial score (nSPS) is 11.0. The Morgan fingerprint density at radius 1 is 1.16 bits per heavy atom. The summed E-state index contributed by atoms with van der Waals surface area (Å²) >= 11 is 1.49. The number of hydrogen-bond donors (Lipinski definition) is 2. The zero-order valence-electron chi connectivity index (χ0n) is 10.3. The van der Waals surface area contributed by atoms with Crippen molar-refractivity contribution in [3.63, 3.8) is 0 Å².